The van der Waals surface area contributed by atoms with Crippen molar-refractivity contribution in [3.63, 3.8) is 0 Å². The van der Waals surface area contributed by atoms with E-state index in [-0.39, 0.29) is 42.8 Å². The van der Waals surface area contributed by atoms with Gasteiger partial charge >= 0.3 is 0 Å². The summed E-state index contributed by atoms with van der Waals surface area (Å²) in [6, 6.07) is 38.3. The zero-order chi connectivity index (χ0) is 91.3. The van der Waals surface area contributed by atoms with Gasteiger partial charge in [0.1, 0.15) is 46.0 Å². The fourth-order valence-corrected chi connectivity index (χ4v) is 22.2. The minimum Gasteiger partial charge on any atom is -0.504 e. The molecule has 27 heteroatoms. The SMILES string of the molecule is COc1cc(OC)c2c(c1CO)C[C@H]1c3cc4c(cc3CCN1C2)OCO4.COc1cc2c(c(OC)c1)CN1CCc3cc(OC)c(OC)cc3[C@@H]1C2.COc1cc2c(c(OC)c1)CN1CCc3cc4c(cc3[C@@H]1C2)OCO4.COc1cc2c(cc1O)[C@@H]1Cc3ccc(O)c(OC)c3CN1[C@@H](C)C2.COc1cc2c(cc1OC)[C@@H]1Cc3c(CO)c(OC)cc(OC)c3CN1CC2. The van der Waals surface area contributed by atoms with E-state index in [1.165, 1.54) is 77.9 Å². The Balaban J connectivity index is 0.000000110. The summed E-state index contributed by atoms with van der Waals surface area (Å²) in [5, 5.41) is 40.4. The van der Waals surface area contributed by atoms with Gasteiger partial charge in [-0.25, -0.2) is 0 Å². The Morgan fingerprint density at radius 1 is 0.282 bits per heavy atom. The second-order valence-electron chi connectivity index (χ2n) is 35.0. The smallest absolute Gasteiger partial charge is 0.231 e. The zero-order valence-electron chi connectivity index (χ0n) is 77.5. The lowest BCUT2D eigenvalue weighted by Gasteiger charge is -2.45. The number of ether oxygens (including phenoxy) is 18. The molecular weight excluding hydrogens is 1670 g/mol. The molecule has 4 N–H and O–H groups in total. The van der Waals surface area contributed by atoms with Crippen LogP contribution in [-0.2, 0) is 110 Å². The molecule has 0 saturated carbocycles. The van der Waals surface area contributed by atoms with E-state index in [2.05, 4.69) is 92.1 Å². The first-order chi connectivity index (χ1) is 63.8. The van der Waals surface area contributed by atoms with Gasteiger partial charge in [-0.15, -0.1) is 0 Å². The van der Waals surface area contributed by atoms with Crippen LogP contribution in [-0.4, -0.2) is 190 Å². The number of rotatable bonds is 16. The van der Waals surface area contributed by atoms with Gasteiger partial charge in [0.05, 0.1) is 113 Å². The molecule has 0 saturated heterocycles. The molecule has 0 radical (unpaired) electrons. The number of methoxy groups -OCH3 is 14. The van der Waals surface area contributed by atoms with Gasteiger partial charge in [0.25, 0.3) is 0 Å². The lowest BCUT2D eigenvalue weighted by molar-refractivity contribution is 0.104. The Bertz CT molecular complexity index is 5980. The topological polar surface area (TPSA) is 263 Å². The molecule has 692 valence electrons. The summed E-state index contributed by atoms with van der Waals surface area (Å²) in [5.74, 6) is 14.6. The molecule has 27 nitrogen and oxygen atoms in total. The second-order valence-corrected chi connectivity index (χ2v) is 35.0. The molecule has 0 spiro atoms. The first kappa shape index (κ1) is 89.5. The second kappa shape index (κ2) is 38.0. The molecule has 0 aromatic heterocycles. The van der Waals surface area contributed by atoms with Crippen molar-refractivity contribution in [3.05, 3.63) is 232 Å². The van der Waals surface area contributed by atoms with Gasteiger partial charge in [-0.1, -0.05) is 6.07 Å². The average Bonchev–Trinajstić information content (AvgIpc) is 1.59. The van der Waals surface area contributed by atoms with Gasteiger partial charge in [0, 0.05) is 158 Å². The number of hydrogen-bond donors (Lipinski definition) is 4. The van der Waals surface area contributed by atoms with Crippen molar-refractivity contribution in [2.75, 3.05) is 139 Å². The lowest BCUT2D eigenvalue weighted by atomic mass is 9.81. The number of hydrogen-bond acceptors (Lipinski definition) is 27. The number of benzene rings is 10. The highest BCUT2D eigenvalue weighted by molar-refractivity contribution is 5.62. The highest BCUT2D eigenvalue weighted by Crippen LogP contribution is 2.54. The Hall–Kier alpha value is -12.1. The van der Waals surface area contributed by atoms with Crippen LogP contribution in [0.15, 0.2) is 109 Å². The van der Waals surface area contributed by atoms with E-state index in [1.54, 1.807) is 106 Å². The monoisotopic (exact) mass is 1790 g/mol. The minimum atomic E-state index is -0.0546. The van der Waals surface area contributed by atoms with E-state index in [4.69, 9.17) is 85.3 Å². The van der Waals surface area contributed by atoms with Crippen LogP contribution in [0.2, 0.25) is 0 Å². The molecule has 22 rings (SSSR count). The Morgan fingerprint density at radius 2 is 0.641 bits per heavy atom. The van der Waals surface area contributed by atoms with Crippen molar-refractivity contribution in [2.45, 2.75) is 153 Å². The average molecular weight is 1790 g/mol. The van der Waals surface area contributed by atoms with Gasteiger partial charge in [-0.05, 0) is 233 Å². The van der Waals surface area contributed by atoms with Crippen molar-refractivity contribution in [1.82, 2.24) is 24.5 Å². The molecule has 0 fully saturated rings. The van der Waals surface area contributed by atoms with Crippen molar-refractivity contribution in [3.8, 4) is 115 Å². The summed E-state index contributed by atoms with van der Waals surface area (Å²) in [4.78, 5) is 12.5. The molecule has 12 aliphatic heterocycles. The fourth-order valence-electron chi connectivity index (χ4n) is 22.2. The van der Waals surface area contributed by atoms with Gasteiger partial charge < -0.3 is 106 Å². The van der Waals surface area contributed by atoms with Crippen molar-refractivity contribution in [1.29, 1.82) is 0 Å². The van der Waals surface area contributed by atoms with E-state index in [0.29, 0.717) is 54.7 Å². The normalized spacial score (nSPS) is 19.7. The minimum absolute atomic E-state index is 0.0454. The van der Waals surface area contributed by atoms with Gasteiger partial charge in [0.2, 0.25) is 13.6 Å². The predicted molar refractivity (Wildman–Crippen MR) is 491 cm³/mol. The molecule has 131 heavy (non-hydrogen) atoms. The highest BCUT2D eigenvalue weighted by Gasteiger charge is 2.44. The van der Waals surface area contributed by atoms with E-state index < -0.39 is 0 Å². The summed E-state index contributed by atoms with van der Waals surface area (Å²) < 4.78 is 99.6. The van der Waals surface area contributed by atoms with Gasteiger partial charge in [0.15, 0.2) is 69.0 Å². The fraction of sp³-hybridized carbons (Fsp3) is 0.423. The number of nitrogens with zero attached hydrogens (tertiary/aromatic N) is 5. The molecule has 6 atom stereocenters. The third-order valence-electron chi connectivity index (χ3n) is 28.9. The maximum atomic E-state index is 10.2. The predicted octanol–water partition coefficient (Wildman–Crippen LogP) is 15.1. The maximum absolute atomic E-state index is 10.2. The first-order valence-corrected chi connectivity index (χ1v) is 44.9. The number of phenolic OH excluding ortho intramolecular Hbond substituents is 2. The third-order valence-corrected chi connectivity index (χ3v) is 28.9. The first-order valence-electron chi connectivity index (χ1n) is 44.9. The Kier molecular flexibility index (Phi) is 26.0. The zero-order valence-corrected chi connectivity index (χ0v) is 77.5. The van der Waals surface area contributed by atoms with Crippen LogP contribution in [0.4, 0.5) is 0 Å². The Morgan fingerprint density at radius 3 is 1.05 bits per heavy atom. The largest absolute Gasteiger partial charge is 0.504 e. The molecular formula is C104H119N5O22. The van der Waals surface area contributed by atoms with E-state index in [1.807, 2.05) is 42.5 Å². The van der Waals surface area contributed by atoms with E-state index >= 15 is 0 Å². The highest BCUT2D eigenvalue weighted by atomic mass is 16.7. The summed E-state index contributed by atoms with van der Waals surface area (Å²) in [6.45, 7) is 10.9. The van der Waals surface area contributed by atoms with Crippen LogP contribution in [0, 0.1) is 0 Å². The van der Waals surface area contributed by atoms with Crippen molar-refractivity contribution >= 4 is 0 Å². The Labute approximate surface area is 765 Å². The van der Waals surface area contributed by atoms with Crippen molar-refractivity contribution in [2.24, 2.45) is 0 Å². The lowest BCUT2D eigenvalue weighted by Crippen LogP contribution is -2.45. The molecule has 10 aromatic carbocycles. The quantitative estimate of drug-likeness (QED) is 0.0700. The van der Waals surface area contributed by atoms with Crippen LogP contribution >= 0.6 is 0 Å². The summed E-state index contributed by atoms with van der Waals surface area (Å²) in [6.07, 6.45) is 9.23. The maximum Gasteiger partial charge on any atom is 0.231 e. The standard InChI is InChI=1S/C22H27NO5.C21H23NO5.C21H25NO4.C20H21NO4.C20H23NO4/c1-25-19-10-20(26-2)17(12-24)15-8-18-14-9-22(28-4)21(27-3)7-13(14)5-6-23(18)11-16(15)19;1-24-18-8-19(25-2)16(10-23)14-6-17-13-7-21-20(26-11-27-21)5-12(13)3-4-22(17)9-15(14)18;1-23-15-7-14-8-18-16-11-21(26-4)20(25-3)9-13(16)5-6-22(18)12-17(14)19(10-15)24-2;1-22-14-5-13-6-17-15-9-20-19(24-11-25-20)7-12(15)3-4-21(17)10-16(13)18(8-14)23-2;1-11-6-13-8-19(24-2)18(23)9-14(13)16-7-12-4-5-17(22)20(25-3)15(12)10-21(11)16/h7,9-10,18,24H,5-6,8,11-12H2,1-4H3;5,7-8,17,23H,3-4,6,9-11H2,1-2H3;7,9-11,18H,5-6,8,12H2,1-4H3;5,7-9,17H,3-4,6,10-11H2,1-2H3;4-5,8-9,11,16,22-23H,6-7,10H2,1-3H3/t18-;17-;18-;17-;11-,16-/m00000/s1. The summed E-state index contributed by atoms with van der Waals surface area (Å²) >= 11 is 0. The van der Waals surface area contributed by atoms with Crippen molar-refractivity contribution < 1.29 is 106 Å². The third kappa shape index (κ3) is 16.6. The van der Waals surface area contributed by atoms with Crippen LogP contribution in [0.5, 0.6) is 115 Å². The number of aromatic hydroxyl groups is 2. The number of aliphatic hydroxyl groups excluding tert-OH is 2. The van der Waals surface area contributed by atoms with Gasteiger partial charge in [-0.2, -0.15) is 0 Å². The van der Waals surface area contributed by atoms with E-state index in [9.17, 15) is 20.4 Å². The number of phenols is 2. The molecule has 0 bridgehead atoms. The molecule has 0 unspecified atom stereocenters. The summed E-state index contributed by atoms with van der Waals surface area (Å²) in [7, 11) is 23.4. The number of fused-ring (bicyclic) bond motifs is 22. The summed E-state index contributed by atoms with van der Waals surface area (Å²) in [5.41, 5.74) is 26.7. The van der Waals surface area contributed by atoms with E-state index in [0.717, 1.165) is 248 Å². The molecule has 10 aromatic rings. The van der Waals surface area contributed by atoms with Gasteiger partial charge in [-0.3, -0.25) is 24.5 Å². The molecule has 0 aliphatic carbocycles. The van der Waals surface area contributed by atoms with Crippen LogP contribution in [0.3, 0.4) is 0 Å². The van der Waals surface area contributed by atoms with Crippen LogP contribution in [0.1, 0.15) is 160 Å². The van der Waals surface area contributed by atoms with Crippen LogP contribution < -0.4 is 85.3 Å². The number of aliphatic hydroxyl groups is 2. The molecule has 12 heterocycles. The molecule has 0 amide bonds. The molecule has 12 aliphatic rings. The van der Waals surface area contributed by atoms with Crippen LogP contribution in [0.25, 0.3) is 0 Å².